The molecule has 0 heterocycles. The van der Waals surface area contributed by atoms with E-state index in [1.807, 2.05) is 0 Å². The van der Waals surface area contributed by atoms with Crippen LogP contribution in [0.3, 0.4) is 0 Å². The number of benzene rings is 1. The first-order valence-electron chi connectivity index (χ1n) is 3.74. The van der Waals surface area contributed by atoms with Crippen LogP contribution in [-0.2, 0) is 10.1 Å². The standard InChI is InChI=1S/C7H8N4O3S/c8-9-5-10-11-6-1-3-7(4-2-6)15(12,13)14/h1-5H,8H2,(H,12,13,14). The second-order valence-corrected chi connectivity index (χ2v) is 3.87. The van der Waals surface area contributed by atoms with E-state index in [0.717, 1.165) is 6.34 Å². The molecule has 0 unspecified atom stereocenters. The van der Waals surface area contributed by atoms with Crippen LogP contribution in [0.25, 0.3) is 0 Å². The Kier molecular flexibility index (Phi) is 3.47. The third-order valence-electron chi connectivity index (χ3n) is 1.43. The summed E-state index contributed by atoms with van der Waals surface area (Å²) in [6.45, 7) is 0. The molecule has 3 N–H and O–H groups in total. The molecule has 1 aromatic carbocycles. The molecule has 0 aliphatic heterocycles. The lowest BCUT2D eigenvalue weighted by molar-refractivity contribution is 0.483. The molecule has 0 atom stereocenters. The molecule has 15 heavy (non-hydrogen) atoms. The van der Waals surface area contributed by atoms with Gasteiger partial charge in [0.25, 0.3) is 10.1 Å². The fraction of sp³-hybridized carbons (Fsp3) is 0. The summed E-state index contributed by atoms with van der Waals surface area (Å²) in [4.78, 5) is -0.200. The Morgan fingerprint density at radius 2 is 1.87 bits per heavy atom. The maximum absolute atomic E-state index is 10.7. The molecule has 0 radical (unpaired) electrons. The Morgan fingerprint density at radius 1 is 1.27 bits per heavy atom. The van der Waals surface area contributed by atoms with Crippen LogP contribution in [0, 0.1) is 0 Å². The smallest absolute Gasteiger partial charge is 0.294 e. The number of azo groups is 1. The Hall–Kier alpha value is -1.80. The van der Waals surface area contributed by atoms with Crippen molar-refractivity contribution < 1.29 is 13.0 Å². The van der Waals surface area contributed by atoms with Gasteiger partial charge in [-0.1, -0.05) is 0 Å². The van der Waals surface area contributed by atoms with Gasteiger partial charge in [0.05, 0.1) is 10.6 Å². The van der Waals surface area contributed by atoms with Crippen molar-refractivity contribution in [3.05, 3.63) is 24.3 Å². The quantitative estimate of drug-likeness (QED) is 0.200. The lowest BCUT2D eigenvalue weighted by Crippen LogP contribution is -1.96. The predicted octanol–water partition coefficient (Wildman–Crippen LogP) is 0.919. The molecular formula is C7H8N4O3S. The van der Waals surface area contributed by atoms with Crippen molar-refractivity contribution in [2.75, 3.05) is 0 Å². The Labute approximate surface area is 86.1 Å². The third-order valence-corrected chi connectivity index (χ3v) is 2.29. The molecule has 0 saturated carbocycles. The van der Waals surface area contributed by atoms with Gasteiger partial charge in [0, 0.05) is 0 Å². The van der Waals surface area contributed by atoms with E-state index >= 15 is 0 Å². The average Bonchev–Trinajstić information content (AvgIpc) is 2.18. The Morgan fingerprint density at radius 3 is 2.33 bits per heavy atom. The lowest BCUT2D eigenvalue weighted by Gasteiger charge is -1.95. The summed E-state index contributed by atoms with van der Waals surface area (Å²) >= 11 is 0. The summed E-state index contributed by atoms with van der Waals surface area (Å²) in [5.41, 5.74) is 0.419. The van der Waals surface area contributed by atoms with E-state index in [1.54, 1.807) is 0 Å². The van der Waals surface area contributed by atoms with Crippen LogP contribution >= 0.6 is 0 Å². The first-order chi connectivity index (χ1) is 7.04. The second kappa shape index (κ2) is 4.62. The topological polar surface area (TPSA) is 117 Å². The minimum absolute atomic E-state index is 0.200. The van der Waals surface area contributed by atoms with Gasteiger partial charge in [-0.3, -0.25) is 4.55 Å². The zero-order valence-corrected chi connectivity index (χ0v) is 8.29. The highest BCUT2D eigenvalue weighted by molar-refractivity contribution is 7.85. The number of hydrogen-bond acceptors (Lipinski definition) is 5. The molecular weight excluding hydrogens is 220 g/mol. The van der Waals surface area contributed by atoms with E-state index in [9.17, 15) is 8.42 Å². The van der Waals surface area contributed by atoms with Gasteiger partial charge in [-0.25, -0.2) is 0 Å². The number of nitrogens with zero attached hydrogens (tertiary/aromatic N) is 3. The molecule has 0 bridgehead atoms. The van der Waals surface area contributed by atoms with Crippen LogP contribution in [0.4, 0.5) is 5.69 Å². The molecule has 7 nitrogen and oxygen atoms in total. The largest absolute Gasteiger partial charge is 0.322 e. The second-order valence-electron chi connectivity index (χ2n) is 2.45. The number of hydrazone groups is 1. The number of nitrogens with two attached hydrogens (primary N) is 1. The summed E-state index contributed by atoms with van der Waals surface area (Å²) in [6.07, 6.45) is 1.04. The molecule has 1 rings (SSSR count). The molecule has 0 saturated heterocycles. The zero-order valence-electron chi connectivity index (χ0n) is 7.48. The van der Waals surface area contributed by atoms with Crippen LogP contribution in [0.1, 0.15) is 0 Å². The molecule has 0 aliphatic rings. The zero-order chi connectivity index (χ0) is 11.3. The third kappa shape index (κ3) is 3.44. The van der Waals surface area contributed by atoms with Crippen LogP contribution in [-0.4, -0.2) is 19.3 Å². The summed E-state index contributed by atoms with van der Waals surface area (Å²) in [7, 11) is -4.16. The van der Waals surface area contributed by atoms with Crippen LogP contribution < -0.4 is 5.84 Å². The highest BCUT2D eigenvalue weighted by atomic mass is 32.2. The first-order valence-corrected chi connectivity index (χ1v) is 5.18. The minimum atomic E-state index is -4.16. The van der Waals surface area contributed by atoms with E-state index in [1.165, 1.54) is 24.3 Å². The maximum Gasteiger partial charge on any atom is 0.294 e. The van der Waals surface area contributed by atoms with Crippen molar-refractivity contribution in [3.63, 3.8) is 0 Å². The van der Waals surface area contributed by atoms with Crippen molar-refractivity contribution in [2.45, 2.75) is 4.90 Å². The monoisotopic (exact) mass is 228 g/mol. The normalized spacial score (nSPS) is 12.6. The molecule has 0 aliphatic carbocycles. The molecule has 0 aromatic heterocycles. The van der Waals surface area contributed by atoms with Gasteiger partial charge < -0.3 is 5.84 Å². The molecule has 0 amide bonds. The molecule has 0 spiro atoms. The predicted molar refractivity (Wildman–Crippen MR) is 53.5 cm³/mol. The Bertz CT molecular complexity index is 477. The summed E-state index contributed by atoms with van der Waals surface area (Å²) in [6, 6.07) is 5.19. The number of hydrogen-bond donors (Lipinski definition) is 2. The SMILES string of the molecule is NN=CN=Nc1ccc(S(=O)(=O)O)cc1. The average molecular weight is 228 g/mol. The van der Waals surface area contributed by atoms with Crippen molar-refractivity contribution >= 4 is 22.1 Å². The van der Waals surface area contributed by atoms with Gasteiger partial charge in [0.1, 0.15) is 0 Å². The van der Waals surface area contributed by atoms with E-state index in [2.05, 4.69) is 15.3 Å². The van der Waals surface area contributed by atoms with Crippen molar-refractivity contribution in [3.8, 4) is 0 Å². The van der Waals surface area contributed by atoms with Gasteiger partial charge in [-0.2, -0.15) is 13.5 Å². The first kappa shape index (κ1) is 11.3. The van der Waals surface area contributed by atoms with Crippen molar-refractivity contribution in [1.29, 1.82) is 0 Å². The van der Waals surface area contributed by atoms with Gasteiger partial charge in [0.15, 0.2) is 6.34 Å². The number of rotatable bonds is 3. The van der Waals surface area contributed by atoms with E-state index < -0.39 is 10.1 Å². The molecule has 0 fully saturated rings. The highest BCUT2D eigenvalue weighted by Crippen LogP contribution is 2.16. The molecule has 1 aromatic rings. The fourth-order valence-electron chi connectivity index (χ4n) is 0.807. The van der Waals surface area contributed by atoms with Crippen molar-refractivity contribution in [1.82, 2.24) is 0 Å². The van der Waals surface area contributed by atoms with Gasteiger partial charge in [-0.15, -0.1) is 10.2 Å². The minimum Gasteiger partial charge on any atom is -0.322 e. The maximum atomic E-state index is 10.7. The van der Waals surface area contributed by atoms with E-state index in [0.29, 0.717) is 5.69 Å². The van der Waals surface area contributed by atoms with E-state index in [-0.39, 0.29) is 4.90 Å². The van der Waals surface area contributed by atoms with Crippen molar-refractivity contribution in [2.24, 2.45) is 21.2 Å². The highest BCUT2D eigenvalue weighted by Gasteiger charge is 2.07. The van der Waals surface area contributed by atoms with E-state index in [4.69, 9.17) is 10.4 Å². The van der Waals surface area contributed by atoms with Gasteiger partial charge in [0.2, 0.25) is 0 Å². The van der Waals surface area contributed by atoms with Gasteiger partial charge >= 0.3 is 0 Å². The van der Waals surface area contributed by atoms with Crippen LogP contribution in [0.2, 0.25) is 0 Å². The van der Waals surface area contributed by atoms with Crippen LogP contribution in [0.5, 0.6) is 0 Å². The fourth-order valence-corrected chi connectivity index (χ4v) is 1.29. The van der Waals surface area contributed by atoms with Crippen LogP contribution in [0.15, 0.2) is 44.5 Å². The molecule has 80 valence electrons. The summed E-state index contributed by atoms with van der Waals surface area (Å²) in [5, 5.41) is 10.2. The Balaban J connectivity index is 2.91. The molecule has 8 heteroatoms. The summed E-state index contributed by atoms with van der Waals surface area (Å²) < 4.78 is 30.0. The summed E-state index contributed by atoms with van der Waals surface area (Å²) in [5.74, 6) is 4.78. The lowest BCUT2D eigenvalue weighted by atomic mass is 10.3. The van der Waals surface area contributed by atoms with Gasteiger partial charge in [-0.05, 0) is 24.3 Å².